The number of pyridine rings is 1. The van der Waals surface area contributed by atoms with E-state index in [4.69, 9.17) is 25.8 Å². The van der Waals surface area contributed by atoms with Crippen molar-refractivity contribution in [3.05, 3.63) is 76.9 Å². The van der Waals surface area contributed by atoms with Gasteiger partial charge < -0.3 is 14.2 Å². The number of aryl methyl sites for hydroxylation is 1. The van der Waals surface area contributed by atoms with Crippen LogP contribution in [-0.2, 0) is 22.4 Å². The summed E-state index contributed by atoms with van der Waals surface area (Å²) in [5, 5.41) is 2.80. The molecule has 4 rings (SSSR count). The van der Waals surface area contributed by atoms with Gasteiger partial charge in [-0.3, -0.25) is 10.1 Å². The van der Waals surface area contributed by atoms with Gasteiger partial charge in [-0.2, -0.15) is 0 Å². The number of alkyl carbamates (subject to hydrolysis) is 1. The van der Waals surface area contributed by atoms with Crippen molar-refractivity contribution < 1.29 is 23.8 Å². The molecule has 1 aliphatic rings. The van der Waals surface area contributed by atoms with Crippen LogP contribution in [0.5, 0.6) is 23.1 Å². The Morgan fingerprint density at radius 1 is 1.03 bits per heavy atom. The van der Waals surface area contributed by atoms with Crippen molar-refractivity contribution >= 4 is 23.6 Å². The van der Waals surface area contributed by atoms with Crippen LogP contribution in [0, 0.1) is 0 Å². The minimum Gasteiger partial charge on any atom is -0.455 e. The number of carbonyl (C=O) groups is 2. The van der Waals surface area contributed by atoms with Gasteiger partial charge in [0.05, 0.1) is 5.69 Å². The Morgan fingerprint density at radius 2 is 1.82 bits per heavy atom. The van der Waals surface area contributed by atoms with Crippen molar-refractivity contribution in [2.75, 3.05) is 0 Å². The van der Waals surface area contributed by atoms with Crippen LogP contribution in [0.4, 0.5) is 4.79 Å². The van der Waals surface area contributed by atoms with E-state index < -0.39 is 17.6 Å². The standard InChI is InChI=1S/C25H23ClN2O5/c1-3-5-20-21(12-13-22(27-20)32-18-10-8-17(26)9-11-18)31-19-7-4-6-16(14-19)15-25(2)23(29)28-24(30)33-25/h4,6-14H,3,5,15H2,1-2H3,(H,28,29,30)/t25-/m1/s1. The van der Waals surface area contributed by atoms with E-state index in [2.05, 4.69) is 17.2 Å². The Labute approximate surface area is 196 Å². The van der Waals surface area contributed by atoms with E-state index in [1.165, 1.54) is 0 Å². The topological polar surface area (TPSA) is 86.8 Å². The summed E-state index contributed by atoms with van der Waals surface area (Å²) < 4.78 is 17.1. The number of cyclic esters (lactones) is 1. The first kappa shape index (κ1) is 22.6. The fourth-order valence-electron chi connectivity index (χ4n) is 3.51. The largest absolute Gasteiger partial charge is 0.455 e. The number of benzene rings is 2. The number of hydrogen-bond donors (Lipinski definition) is 1. The molecule has 33 heavy (non-hydrogen) atoms. The van der Waals surface area contributed by atoms with Gasteiger partial charge in [0, 0.05) is 17.5 Å². The fraction of sp³-hybridized carbons (Fsp3) is 0.240. The Morgan fingerprint density at radius 3 is 2.52 bits per heavy atom. The predicted molar refractivity (Wildman–Crippen MR) is 123 cm³/mol. The molecule has 2 heterocycles. The van der Waals surface area contributed by atoms with Crippen LogP contribution < -0.4 is 14.8 Å². The molecule has 0 aliphatic carbocycles. The lowest BCUT2D eigenvalue weighted by Gasteiger charge is -2.19. The highest BCUT2D eigenvalue weighted by molar-refractivity contribution is 6.30. The molecule has 3 aromatic rings. The maximum atomic E-state index is 12.1. The molecule has 1 saturated heterocycles. The van der Waals surface area contributed by atoms with Crippen molar-refractivity contribution in [2.45, 2.75) is 38.7 Å². The smallest absolute Gasteiger partial charge is 0.415 e. The summed E-state index contributed by atoms with van der Waals surface area (Å²) in [4.78, 5) is 28.1. The average molecular weight is 467 g/mol. The second-order valence-corrected chi connectivity index (χ2v) is 8.34. The van der Waals surface area contributed by atoms with Gasteiger partial charge in [-0.15, -0.1) is 0 Å². The monoisotopic (exact) mass is 466 g/mol. The maximum Gasteiger partial charge on any atom is 0.415 e. The van der Waals surface area contributed by atoms with Crippen LogP contribution in [0.1, 0.15) is 31.5 Å². The SMILES string of the molecule is CCCc1nc(Oc2ccc(Cl)cc2)ccc1Oc1cccc(C[C@@]2(C)OC(=O)NC2=O)c1. The first-order chi connectivity index (χ1) is 15.8. The number of imide groups is 1. The lowest BCUT2D eigenvalue weighted by molar-refractivity contribution is -0.129. The number of carbonyl (C=O) groups excluding carboxylic acids is 2. The number of nitrogens with one attached hydrogen (secondary N) is 1. The molecule has 2 aromatic carbocycles. The Balaban J connectivity index is 1.52. The molecule has 0 saturated carbocycles. The number of aromatic nitrogens is 1. The predicted octanol–water partition coefficient (Wildman–Crippen LogP) is 5.84. The first-order valence-corrected chi connectivity index (χ1v) is 11.0. The average Bonchev–Trinajstić information content (AvgIpc) is 3.03. The molecular weight excluding hydrogens is 444 g/mol. The second kappa shape index (κ2) is 9.50. The molecule has 7 nitrogen and oxygen atoms in total. The number of rotatable bonds is 8. The normalized spacial score (nSPS) is 17.4. The van der Waals surface area contributed by atoms with Crippen molar-refractivity contribution in [3.63, 3.8) is 0 Å². The minimum atomic E-state index is -1.24. The molecule has 0 bridgehead atoms. The van der Waals surface area contributed by atoms with E-state index in [0.29, 0.717) is 34.6 Å². The molecule has 1 fully saturated rings. The number of halogens is 1. The third-order valence-electron chi connectivity index (χ3n) is 5.11. The van der Waals surface area contributed by atoms with Gasteiger partial charge in [-0.05, 0) is 61.4 Å². The molecule has 1 atom stereocenters. The fourth-order valence-corrected chi connectivity index (χ4v) is 3.64. The molecule has 0 radical (unpaired) electrons. The molecule has 0 spiro atoms. The van der Waals surface area contributed by atoms with Crippen molar-refractivity contribution in [3.8, 4) is 23.1 Å². The highest BCUT2D eigenvalue weighted by Gasteiger charge is 2.44. The second-order valence-electron chi connectivity index (χ2n) is 7.90. The quantitative estimate of drug-likeness (QED) is 0.448. The van der Waals surface area contributed by atoms with Gasteiger partial charge in [0.25, 0.3) is 5.91 Å². The van der Waals surface area contributed by atoms with Gasteiger partial charge in [-0.1, -0.05) is 37.1 Å². The van der Waals surface area contributed by atoms with E-state index in [9.17, 15) is 9.59 Å². The Bertz CT molecular complexity index is 1180. The summed E-state index contributed by atoms with van der Waals surface area (Å²) in [6, 6.07) is 18.0. The summed E-state index contributed by atoms with van der Waals surface area (Å²) in [5.74, 6) is 1.86. The van der Waals surface area contributed by atoms with E-state index in [1.54, 1.807) is 37.3 Å². The lowest BCUT2D eigenvalue weighted by Crippen LogP contribution is -2.38. The molecular formula is C25H23ClN2O5. The first-order valence-electron chi connectivity index (χ1n) is 10.6. The summed E-state index contributed by atoms with van der Waals surface area (Å²) in [6.07, 6.45) is 1.09. The van der Waals surface area contributed by atoms with Crippen LogP contribution >= 0.6 is 11.6 Å². The van der Waals surface area contributed by atoms with Gasteiger partial charge in [-0.25, -0.2) is 9.78 Å². The molecule has 1 aliphatic heterocycles. The third-order valence-corrected chi connectivity index (χ3v) is 5.36. The van der Waals surface area contributed by atoms with Crippen LogP contribution in [-0.4, -0.2) is 22.6 Å². The van der Waals surface area contributed by atoms with Crippen LogP contribution in [0.15, 0.2) is 60.7 Å². The Kier molecular flexibility index (Phi) is 6.51. The van der Waals surface area contributed by atoms with E-state index in [-0.39, 0.29) is 6.42 Å². The van der Waals surface area contributed by atoms with Gasteiger partial charge in [0.2, 0.25) is 5.88 Å². The molecule has 2 amide bonds. The van der Waals surface area contributed by atoms with Crippen molar-refractivity contribution in [1.82, 2.24) is 10.3 Å². The minimum absolute atomic E-state index is 0.232. The number of nitrogens with zero attached hydrogens (tertiary/aromatic N) is 1. The van der Waals surface area contributed by atoms with Crippen molar-refractivity contribution in [1.29, 1.82) is 0 Å². The van der Waals surface area contributed by atoms with Gasteiger partial charge >= 0.3 is 6.09 Å². The van der Waals surface area contributed by atoms with Gasteiger partial charge in [0.15, 0.2) is 5.60 Å². The number of hydrogen-bond acceptors (Lipinski definition) is 6. The van der Waals surface area contributed by atoms with Crippen LogP contribution in [0.3, 0.4) is 0 Å². The van der Waals surface area contributed by atoms with E-state index >= 15 is 0 Å². The molecule has 0 unspecified atom stereocenters. The zero-order valence-electron chi connectivity index (χ0n) is 18.3. The number of ether oxygens (including phenoxy) is 3. The van der Waals surface area contributed by atoms with Crippen LogP contribution in [0.2, 0.25) is 5.02 Å². The molecule has 1 aromatic heterocycles. The summed E-state index contributed by atoms with van der Waals surface area (Å²) in [6.45, 7) is 3.65. The highest BCUT2D eigenvalue weighted by Crippen LogP contribution is 2.31. The summed E-state index contributed by atoms with van der Waals surface area (Å²) in [7, 11) is 0. The van der Waals surface area contributed by atoms with E-state index in [0.717, 1.165) is 17.7 Å². The maximum absolute atomic E-state index is 12.1. The number of amides is 2. The zero-order chi connectivity index (χ0) is 23.4. The highest BCUT2D eigenvalue weighted by atomic mass is 35.5. The lowest BCUT2D eigenvalue weighted by atomic mass is 9.96. The molecule has 170 valence electrons. The van der Waals surface area contributed by atoms with Crippen molar-refractivity contribution in [2.24, 2.45) is 0 Å². The molecule has 8 heteroatoms. The summed E-state index contributed by atoms with van der Waals surface area (Å²) >= 11 is 5.93. The Hall–Kier alpha value is -3.58. The van der Waals surface area contributed by atoms with Crippen LogP contribution in [0.25, 0.3) is 0 Å². The zero-order valence-corrected chi connectivity index (χ0v) is 19.0. The molecule has 1 N–H and O–H groups in total. The van der Waals surface area contributed by atoms with Gasteiger partial charge in [0.1, 0.15) is 17.2 Å². The van der Waals surface area contributed by atoms with E-state index in [1.807, 2.05) is 30.3 Å². The third kappa shape index (κ3) is 5.43. The summed E-state index contributed by atoms with van der Waals surface area (Å²) in [5.41, 5.74) is 0.323.